The molecule has 0 bridgehead atoms. The van der Waals surface area contributed by atoms with Crippen LogP contribution in [0.3, 0.4) is 0 Å². The van der Waals surface area contributed by atoms with Gasteiger partial charge in [-0.15, -0.1) is 0 Å². The average molecular weight is 523 g/mol. The second-order valence-electron chi connectivity index (χ2n) is 13.8. The number of carbonyl (C=O) groups excluding carboxylic acids is 1. The zero-order valence-corrected chi connectivity index (χ0v) is 24.1. The van der Waals surface area contributed by atoms with E-state index in [-0.39, 0.29) is 11.8 Å². The number of amides is 1. The van der Waals surface area contributed by atoms with E-state index in [9.17, 15) is 14.7 Å². The fourth-order valence-corrected chi connectivity index (χ4v) is 6.22. The van der Waals surface area contributed by atoms with Gasteiger partial charge in [0.25, 0.3) is 5.91 Å². The van der Waals surface area contributed by atoms with Gasteiger partial charge in [0.2, 0.25) is 0 Å². The van der Waals surface area contributed by atoms with Crippen molar-refractivity contribution in [2.75, 3.05) is 0 Å². The molecule has 1 atom stereocenters. The zero-order valence-electron chi connectivity index (χ0n) is 24.1. The van der Waals surface area contributed by atoms with Gasteiger partial charge in [-0.05, 0) is 78.4 Å². The van der Waals surface area contributed by atoms with Gasteiger partial charge in [0.1, 0.15) is 17.5 Å². The second-order valence-corrected chi connectivity index (χ2v) is 13.8. The number of ether oxygens (including phenoxy) is 1. The van der Waals surface area contributed by atoms with E-state index in [4.69, 9.17) is 9.72 Å². The van der Waals surface area contributed by atoms with E-state index in [1.807, 2.05) is 32.9 Å². The molecule has 1 heterocycles. The lowest BCUT2D eigenvalue weighted by Crippen LogP contribution is -2.49. The molecule has 6 heteroatoms. The number of fused-ring (bicyclic) bond motifs is 1. The van der Waals surface area contributed by atoms with Crippen LogP contribution < -0.4 is 10.1 Å². The van der Waals surface area contributed by atoms with Crippen LogP contribution in [0.25, 0.3) is 10.8 Å². The molecule has 1 amide bonds. The number of aromatic nitrogens is 1. The number of benzene rings is 1. The van der Waals surface area contributed by atoms with E-state index in [0.717, 1.165) is 47.4 Å². The summed E-state index contributed by atoms with van der Waals surface area (Å²) >= 11 is 0. The number of aliphatic carboxylic acids is 1. The van der Waals surface area contributed by atoms with Gasteiger partial charge < -0.3 is 15.2 Å². The first-order valence-electron chi connectivity index (χ1n) is 14.5. The van der Waals surface area contributed by atoms with Crippen molar-refractivity contribution in [3.8, 4) is 5.75 Å². The SMILES string of the molecule is CC(C)(C)C1CCC(Oc2ccc3cc(C(=O)N[C@H](C(=O)O)C(C)(C)C)nc(CC4CCCC4)c3c2)CC1. The number of pyridine rings is 1. The van der Waals surface area contributed by atoms with Crippen LogP contribution in [0.4, 0.5) is 0 Å². The van der Waals surface area contributed by atoms with Crippen LogP contribution in [0, 0.1) is 22.7 Å². The van der Waals surface area contributed by atoms with Crippen LogP contribution in [-0.4, -0.2) is 34.1 Å². The van der Waals surface area contributed by atoms with Gasteiger partial charge in [-0.1, -0.05) is 73.3 Å². The van der Waals surface area contributed by atoms with Crippen molar-refractivity contribution in [2.45, 2.75) is 111 Å². The zero-order chi connectivity index (χ0) is 27.7. The Hall–Kier alpha value is -2.63. The molecule has 2 aliphatic rings. The first kappa shape index (κ1) is 28.4. The van der Waals surface area contributed by atoms with Crippen molar-refractivity contribution in [3.63, 3.8) is 0 Å². The predicted molar refractivity (Wildman–Crippen MR) is 152 cm³/mol. The molecule has 0 saturated heterocycles. The quantitative estimate of drug-likeness (QED) is 0.402. The van der Waals surface area contributed by atoms with E-state index in [1.54, 1.807) is 6.07 Å². The highest BCUT2D eigenvalue weighted by Crippen LogP contribution is 2.39. The van der Waals surface area contributed by atoms with Crippen molar-refractivity contribution in [3.05, 3.63) is 35.7 Å². The summed E-state index contributed by atoms with van der Waals surface area (Å²) in [7, 11) is 0. The Morgan fingerprint density at radius 3 is 2.24 bits per heavy atom. The van der Waals surface area contributed by atoms with Crippen LogP contribution in [-0.2, 0) is 11.2 Å². The van der Waals surface area contributed by atoms with Gasteiger partial charge in [-0.25, -0.2) is 9.78 Å². The number of hydrogen-bond donors (Lipinski definition) is 2. The Bertz CT molecular complexity index is 1150. The van der Waals surface area contributed by atoms with E-state index >= 15 is 0 Å². The van der Waals surface area contributed by atoms with Crippen LogP contribution >= 0.6 is 0 Å². The summed E-state index contributed by atoms with van der Waals surface area (Å²) in [6.07, 6.45) is 10.4. The number of nitrogens with zero attached hydrogens (tertiary/aromatic N) is 1. The highest BCUT2D eigenvalue weighted by Gasteiger charge is 2.34. The van der Waals surface area contributed by atoms with Crippen LogP contribution in [0.2, 0.25) is 0 Å². The van der Waals surface area contributed by atoms with Crippen molar-refractivity contribution in [1.82, 2.24) is 10.3 Å². The molecule has 6 nitrogen and oxygen atoms in total. The lowest BCUT2D eigenvalue weighted by molar-refractivity contribution is -0.142. The number of nitrogens with one attached hydrogen (secondary N) is 1. The molecule has 0 unspecified atom stereocenters. The Balaban J connectivity index is 1.59. The van der Waals surface area contributed by atoms with Gasteiger partial charge in [0, 0.05) is 11.1 Å². The third-order valence-electron chi connectivity index (χ3n) is 8.66. The van der Waals surface area contributed by atoms with E-state index in [1.165, 1.54) is 38.5 Å². The molecule has 38 heavy (non-hydrogen) atoms. The maximum absolute atomic E-state index is 13.2. The Kier molecular flexibility index (Phi) is 8.39. The van der Waals surface area contributed by atoms with Crippen molar-refractivity contribution in [1.29, 1.82) is 0 Å². The minimum Gasteiger partial charge on any atom is -0.490 e. The monoisotopic (exact) mass is 522 g/mol. The van der Waals surface area contributed by atoms with Gasteiger partial charge in [0.15, 0.2) is 0 Å². The lowest BCUT2D eigenvalue weighted by atomic mass is 9.72. The number of carboxylic acid groups (broad SMARTS) is 1. The molecule has 0 radical (unpaired) electrons. The molecule has 4 rings (SSSR count). The smallest absolute Gasteiger partial charge is 0.326 e. The van der Waals surface area contributed by atoms with E-state index in [0.29, 0.717) is 11.3 Å². The molecule has 2 aromatic rings. The fraction of sp³-hybridized carbons (Fsp3) is 0.656. The molecule has 1 aromatic carbocycles. The van der Waals surface area contributed by atoms with Gasteiger partial charge in [-0.2, -0.15) is 0 Å². The standard InChI is InChI=1S/C32H46N2O4/c1-31(2,3)22-12-15-23(16-13-22)38-24-14-11-21-18-27(29(35)34-28(30(36)37)32(4,5)6)33-26(25(21)19-24)17-20-9-7-8-10-20/h11,14,18-20,22-23,28H,7-10,12-13,15-17H2,1-6H3,(H,34,35)(H,36,37)/t22?,23?,28-/m1/s1. The maximum Gasteiger partial charge on any atom is 0.326 e. The van der Waals surface area contributed by atoms with Gasteiger partial charge in [0.05, 0.1) is 6.10 Å². The average Bonchev–Trinajstić information content (AvgIpc) is 3.34. The third kappa shape index (κ3) is 6.86. The summed E-state index contributed by atoms with van der Waals surface area (Å²) < 4.78 is 6.47. The first-order valence-corrected chi connectivity index (χ1v) is 14.5. The third-order valence-corrected chi connectivity index (χ3v) is 8.66. The second kappa shape index (κ2) is 11.2. The van der Waals surface area contributed by atoms with E-state index < -0.39 is 23.3 Å². The minimum absolute atomic E-state index is 0.229. The molecule has 2 fully saturated rings. The number of carboxylic acids is 1. The van der Waals surface area contributed by atoms with E-state index in [2.05, 4.69) is 32.2 Å². The van der Waals surface area contributed by atoms with Gasteiger partial charge in [-0.3, -0.25) is 4.79 Å². The number of rotatable bonds is 7. The fourth-order valence-electron chi connectivity index (χ4n) is 6.22. The summed E-state index contributed by atoms with van der Waals surface area (Å²) in [6.45, 7) is 12.4. The molecule has 208 valence electrons. The molecule has 2 aliphatic carbocycles. The van der Waals surface area contributed by atoms with Crippen LogP contribution in [0.1, 0.15) is 109 Å². The molecule has 1 aromatic heterocycles. The van der Waals surface area contributed by atoms with Gasteiger partial charge >= 0.3 is 5.97 Å². The summed E-state index contributed by atoms with van der Waals surface area (Å²) in [4.78, 5) is 29.9. The Labute approximate surface area is 227 Å². The Morgan fingerprint density at radius 2 is 1.66 bits per heavy atom. The highest BCUT2D eigenvalue weighted by molar-refractivity contribution is 5.99. The largest absolute Gasteiger partial charge is 0.490 e. The molecule has 2 saturated carbocycles. The molecule has 0 aliphatic heterocycles. The lowest BCUT2D eigenvalue weighted by Gasteiger charge is -2.37. The van der Waals surface area contributed by atoms with Crippen molar-refractivity contribution in [2.24, 2.45) is 22.7 Å². The topological polar surface area (TPSA) is 88.5 Å². The molecule has 0 spiro atoms. The molecule has 2 N–H and O–H groups in total. The normalized spacial score (nSPS) is 21.8. The van der Waals surface area contributed by atoms with Crippen LogP contribution in [0.15, 0.2) is 24.3 Å². The van der Waals surface area contributed by atoms with Crippen LogP contribution in [0.5, 0.6) is 5.75 Å². The molecular weight excluding hydrogens is 476 g/mol. The number of hydrogen-bond acceptors (Lipinski definition) is 4. The summed E-state index contributed by atoms with van der Waals surface area (Å²) in [5, 5.41) is 14.4. The Morgan fingerprint density at radius 1 is 1.00 bits per heavy atom. The van der Waals surface area contributed by atoms with Crippen molar-refractivity contribution >= 4 is 22.6 Å². The summed E-state index contributed by atoms with van der Waals surface area (Å²) in [5.74, 6) is 0.670. The molecular formula is C32H46N2O4. The summed E-state index contributed by atoms with van der Waals surface area (Å²) in [6, 6.07) is 6.88. The first-order chi connectivity index (χ1) is 17.8. The summed E-state index contributed by atoms with van der Waals surface area (Å²) in [5.41, 5.74) is 0.901. The number of carbonyl (C=O) groups is 2. The highest BCUT2D eigenvalue weighted by atomic mass is 16.5. The minimum atomic E-state index is -1.05. The predicted octanol–water partition coefficient (Wildman–Crippen LogP) is 7.18. The maximum atomic E-state index is 13.2. The van der Waals surface area contributed by atoms with Crippen molar-refractivity contribution < 1.29 is 19.4 Å².